The summed E-state index contributed by atoms with van der Waals surface area (Å²) in [5, 5.41) is 7.67. The first-order valence-electron chi connectivity index (χ1n) is 5.44. The van der Waals surface area contributed by atoms with Gasteiger partial charge in [0.25, 0.3) is 0 Å². The Bertz CT molecular complexity index is 374. The van der Waals surface area contributed by atoms with Gasteiger partial charge in [0, 0.05) is 11.4 Å². The minimum absolute atomic E-state index is 0.617. The molecule has 2 N–H and O–H groups in total. The zero-order valence-corrected chi connectivity index (χ0v) is 10.7. The number of nitrogens with zero attached hydrogens (tertiary/aromatic N) is 1. The molecular weight excluding hydrogens is 238 g/mol. The van der Waals surface area contributed by atoms with Crippen molar-refractivity contribution in [2.45, 2.75) is 25.7 Å². The molecule has 0 spiro atoms. The molecule has 0 unspecified atom stereocenters. The smallest absolute Gasteiger partial charge is 0.189 e. The lowest BCUT2D eigenvalue weighted by Crippen LogP contribution is -2.28. The standard InChI is InChI=1S/C11H15N3S2/c1-2-7-12-10(15)14-11-13-8-5-3-4-6-9(8)16-11/h2H,1,3-7H2,(H2,12,13,14,15). The summed E-state index contributed by atoms with van der Waals surface area (Å²) >= 11 is 6.86. The second-order valence-corrected chi connectivity index (χ2v) is 5.21. The summed E-state index contributed by atoms with van der Waals surface area (Å²) in [5.74, 6) is 0. The number of rotatable bonds is 3. The van der Waals surface area contributed by atoms with E-state index in [0.29, 0.717) is 11.7 Å². The molecule has 0 aliphatic heterocycles. The fourth-order valence-electron chi connectivity index (χ4n) is 1.71. The average Bonchev–Trinajstić information content (AvgIpc) is 2.68. The Balaban J connectivity index is 1.96. The molecule has 86 valence electrons. The van der Waals surface area contributed by atoms with Crippen LogP contribution in [0.3, 0.4) is 0 Å². The van der Waals surface area contributed by atoms with Crippen molar-refractivity contribution < 1.29 is 0 Å². The van der Waals surface area contributed by atoms with Gasteiger partial charge in [0.1, 0.15) is 0 Å². The molecule has 0 fully saturated rings. The highest BCUT2D eigenvalue weighted by Crippen LogP contribution is 2.29. The summed E-state index contributed by atoms with van der Waals surface area (Å²) in [6.07, 6.45) is 6.60. The van der Waals surface area contributed by atoms with E-state index in [1.54, 1.807) is 17.4 Å². The van der Waals surface area contributed by atoms with Gasteiger partial charge in [-0.2, -0.15) is 0 Å². The fourth-order valence-corrected chi connectivity index (χ4v) is 3.01. The van der Waals surface area contributed by atoms with Gasteiger partial charge in [-0.15, -0.1) is 17.9 Å². The normalized spacial score (nSPS) is 14.0. The molecule has 0 saturated carbocycles. The Morgan fingerprint density at radius 1 is 1.50 bits per heavy atom. The molecule has 0 aromatic carbocycles. The quantitative estimate of drug-likeness (QED) is 0.641. The van der Waals surface area contributed by atoms with Crippen LogP contribution in [0.4, 0.5) is 5.13 Å². The Hall–Kier alpha value is -0.940. The lowest BCUT2D eigenvalue weighted by atomic mass is 10.0. The molecule has 0 bridgehead atoms. The zero-order chi connectivity index (χ0) is 11.4. The van der Waals surface area contributed by atoms with Crippen molar-refractivity contribution in [3.8, 4) is 0 Å². The molecule has 16 heavy (non-hydrogen) atoms. The van der Waals surface area contributed by atoms with Gasteiger partial charge < -0.3 is 10.6 Å². The third-order valence-electron chi connectivity index (χ3n) is 2.47. The van der Waals surface area contributed by atoms with Crippen molar-refractivity contribution in [1.29, 1.82) is 0 Å². The summed E-state index contributed by atoms with van der Waals surface area (Å²) in [7, 11) is 0. The van der Waals surface area contributed by atoms with Gasteiger partial charge in [0.05, 0.1) is 5.69 Å². The van der Waals surface area contributed by atoms with Gasteiger partial charge in [-0.05, 0) is 37.9 Å². The second-order valence-electron chi connectivity index (χ2n) is 3.72. The molecule has 0 amide bonds. The molecule has 0 radical (unpaired) electrons. The number of aromatic nitrogens is 1. The zero-order valence-electron chi connectivity index (χ0n) is 9.08. The van der Waals surface area contributed by atoms with Crippen LogP contribution < -0.4 is 10.6 Å². The van der Waals surface area contributed by atoms with Crippen LogP contribution >= 0.6 is 23.6 Å². The highest BCUT2D eigenvalue weighted by Gasteiger charge is 2.15. The molecule has 1 aliphatic carbocycles. The highest BCUT2D eigenvalue weighted by molar-refractivity contribution is 7.80. The maximum absolute atomic E-state index is 5.14. The predicted octanol–water partition coefficient (Wildman–Crippen LogP) is 2.49. The van der Waals surface area contributed by atoms with E-state index in [0.717, 1.165) is 11.6 Å². The van der Waals surface area contributed by atoms with Gasteiger partial charge in [-0.3, -0.25) is 0 Å². The number of hydrogen-bond donors (Lipinski definition) is 2. The van der Waals surface area contributed by atoms with E-state index in [9.17, 15) is 0 Å². The van der Waals surface area contributed by atoms with Crippen LogP contribution in [0.1, 0.15) is 23.4 Å². The Labute approximate surface area is 105 Å². The van der Waals surface area contributed by atoms with E-state index in [4.69, 9.17) is 12.2 Å². The topological polar surface area (TPSA) is 37.0 Å². The number of hydrogen-bond acceptors (Lipinski definition) is 3. The largest absolute Gasteiger partial charge is 0.359 e. The van der Waals surface area contributed by atoms with Crippen molar-refractivity contribution in [3.63, 3.8) is 0 Å². The maximum Gasteiger partial charge on any atom is 0.189 e. The van der Waals surface area contributed by atoms with Crippen LogP contribution in [-0.4, -0.2) is 16.6 Å². The lowest BCUT2D eigenvalue weighted by Gasteiger charge is -2.06. The second kappa shape index (κ2) is 5.41. The van der Waals surface area contributed by atoms with Gasteiger partial charge in [-0.1, -0.05) is 6.08 Å². The van der Waals surface area contributed by atoms with Gasteiger partial charge in [0.15, 0.2) is 10.2 Å². The van der Waals surface area contributed by atoms with Crippen molar-refractivity contribution in [3.05, 3.63) is 23.2 Å². The summed E-state index contributed by atoms with van der Waals surface area (Å²) < 4.78 is 0. The van der Waals surface area contributed by atoms with Crippen LogP contribution in [-0.2, 0) is 12.8 Å². The number of thiocarbonyl (C=S) groups is 1. The Morgan fingerprint density at radius 2 is 2.31 bits per heavy atom. The van der Waals surface area contributed by atoms with Crippen molar-refractivity contribution in [1.82, 2.24) is 10.3 Å². The van der Waals surface area contributed by atoms with Gasteiger partial charge in [-0.25, -0.2) is 4.98 Å². The molecule has 0 saturated heterocycles. The predicted molar refractivity (Wildman–Crippen MR) is 73.2 cm³/mol. The van der Waals surface area contributed by atoms with Crippen LogP contribution in [0, 0.1) is 0 Å². The number of aryl methyl sites for hydroxylation is 2. The monoisotopic (exact) mass is 253 g/mol. The maximum atomic E-state index is 5.14. The van der Waals surface area contributed by atoms with E-state index in [1.165, 1.54) is 29.8 Å². The van der Waals surface area contributed by atoms with E-state index in [1.807, 2.05) is 0 Å². The van der Waals surface area contributed by atoms with E-state index >= 15 is 0 Å². The number of nitrogens with one attached hydrogen (secondary N) is 2. The molecule has 3 nitrogen and oxygen atoms in total. The van der Waals surface area contributed by atoms with E-state index in [-0.39, 0.29) is 0 Å². The van der Waals surface area contributed by atoms with Crippen LogP contribution in [0.5, 0.6) is 0 Å². The number of thiazole rings is 1. The summed E-state index contributed by atoms with van der Waals surface area (Å²) in [5.41, 5.74) is 1.25. The van der Waals surface area contributed by atoms with Crippen molar-refractivity contribution >= 4 is 33.8 Å². The average molecular weight is 253 g/mol. The van der Waals surface area contributed by atoms with E-state index in [2.05, 4.69) is 22.2 Å². The third kappa shape index (κ3) is 2.80. The highest BCUT2D eigenvalue weighted by atomic mass is 32.1. The summed E-state index contributed by atoms with van der Waals surface area (Å²) in [6.45, 7) is 4.31. The first-order valence-corrected chi connectivity index (χ1v) is 6.66. The molecule has 5 heteroatoms. The minimum atomic E-state index is 0.617. The molecule has 2 rings (SSSR count). The molecule has 1 aromatic rings. The number of anilines is 1. The van der Waals surface area contributed by atoms with E-state index < -0.39 is 0 Å². The van der Waals surface area contributed by atoms with Crippen LogP contribution in [0.25, 0.3) is 0 Å². The molecule has 1 heterocycles. The lowest BCUT2D eigenvalue weighted by molar-refractivity contribution is 0.683. The van der Waals surface area contributed by atoms with Crippen LogP contribution in [0.15, 0.2) is 12.7 Å². The summed E-state index contributed by atoms with van der Waals surface area (Å²) in [6, 6.07) is 0. The molecule has 0 atom stereocenters. The molecule has 1 aromatic heterocycles. The van der Waals surface area contributed by atoms with Gasteiger partial charge in [0.2, 0.25) is 0 Å². The SMILES string of the molecule is C=CCNC(=S)Nc1nc2c(s1)CCCC2. The minimum Gasteiger partial charge on any atom is -0.359 e. The Kier molecular flexibility index (Phi) is 3.90. The fraction of sp³-hybridized carbons (Fsp3) is 0.455. The first kappa shape index (κ1) is 11.5. The van der Waals surface area contributed by atoms with Crippen molar-refractivity contribution in [2.24, 2.45) is 0 Å². The Morgan fingerprint density at radius 3 is 3.06 bits per heavy atom. The van der Waals surface area contributed by atoms with Crippen molar-refractivity contribution in [2.75, 3.05) is 11.9 Å². The van der Waals surface area contributed by atoms with Crippen LogP contribution in [0.2, 0.25) is 0 Å². The molecular formula is C11H15N3S2. The summed E-state index contributed by atoms with van der Waals surface area (Å²) in [4.78, 5) is 5.97. The van der Waals surface area contributed by atoms with Gasteiger partial charge >= 0.3 is 0 Å². The first-order chi connectivity index (χ1) is 7.79. The molecule has 1 aliphatic rings. The third-order valence-corrected chi connectivity index (χ3v) is 3.79. The number of fused-ring (bicyclic) bond motifs is 1.